The lowest BCUT2D eigenvalue weighted by Gasteiger charge is -2.14. The molecule has 0 saturated carbocycles. The molecule has 0 aromatic heterocycles. The molecule has 0 aliphatic carbocycles. The molecular weight excluding hydrogens is 408 g/mol. The molecule has 0 atom stereocenters. The molecule has 6 nitrogen and oxygen atoms in total. The summed E-state index contributed by atoms with van der Waals surface area (Å²) in [7, 11) is 1.30. The lowest BCUT2D eigenvalue weighted by Crippen LogP contribution is -2.29. The van der Waals surface area contributed by atoms with Gasteiger partial charge in [0.15, 0.2) is 18.1 Å². The van der Waals surface area contributed by atoms with Gasteiger partial charge in [0.05, 0.1) is 13.7 Å². The Morgan fingerprint density at radius 3 is 2.40 bits per heavy atom. The molecule has 30 heavy (non-hydrogen) atoms. The van der Waals surface area contributed by atoms with Gasteiger partial charge in [0.2, 0.25) is 0 Å². The van der Waals surface area contributed by atoms with Gasteiger partial charge in [0, 0.05) is 18.3 Å². The molecule has 0 aliphatic rings. The Morgan fingerprint density at radius 2 is 1.73 bits per heavy atom. The number of carbonyl (C=O) groups excluding carboxylic acids is 1. The first-order chi connectivity index (χ1) is 14.3. The van der Waals surface area contributed by atoms with Crippen LogP contribution in [0.4, 0.5) is 28.0 Å². The predicted octanol–water partition coefficient (Wildman–Crippen LogP) is 4.76. The van der Waals surface area contributed by atoms with Crippen molar-refractivity contribution >= 4 is 11.7 Å². The van der Waals surface area contributed by atoms with E-state index >= 15 is 0 Å². The third-order valence-corrected chi connectivity index (χ3v) is 3.75. The number of hydrogen-bond acceptors (Lipinski definition) is 4. The van der Waals surface area contributed by atoms with Crippen molar-refractivity contribution < 1.29 is 36.6 Å². The first kappa shape index (κ1) is 23.1. The molecule has 2 aromatic rings. The Labute approximate surface area is 171 Å². The highest BCUT2D eigenvalue weighted by Crippen LogP contribution is 2.31. The zero-order valence-corrected chi connectivity index (χ0v) is 16.2. The summed E-state index contributed by atoms with van der Waals surface area (Å²) >= 11 is 0. The topological polar surface area (TPSA) is 68.8 Å². The van der Waals surface area contributed by atoms with E-state index in [-0.39, 0.29) is 23.0 Å². The van der Waals surface area contributed by atoms with E-state index in [4.69, 9.17) is 14.2 Å². The minimum atomic E-state index is -4.49. The van der Waals surface area contributed by atoms with Crippen LogP contribution in [0.3, 0.4) is 0 Å². The molecule has 0 bridgehead atoms. The van der Waals surface area contributed by atoms with E-state index in [1.807, 2.05) is 0 Å². The molecule has 0 aliphatic heterocycles. The van der Waals surface area contributed by atoms with Crippen molar-refractivity contribution in [3.05, 3.63) is 48.3 Å². The maximum absolute atomic E-state index is 12.8. The van der Waals surface area contributed by atoms with Crippen LogP contribution in [0.25, 0.3) is 0 Å². The zero-order chi connectivity index (χ0) is 22.0. The quantitative estimate of drug-likeness (QED) is 0.421. The average molecular weight is 430 g/mol. The summed E-state index contributed by atoms with van der Waals surface area (Å²) in [5.74, 6) is 0.204. The van der Waals surface area contributed by atoms with Gasteiger partial charge in [-0.15, -0.1) is 0 Å². The van der Waals surface area contributed by atoms with Crippen molar-refractivity contribution in [2.75, 3.05) is 32.2 Å². The second kappa shape index (κ2) is 11.1. The largest absolute Gasteiger partial charge is 0.494 e. The number of nitrogens with one attached hydrogen (secondary N) is 2. The Kier molecular flexibility index (Phi) is 8.57. The van der Waals surface area contributed by atoms with Gasteiger partial charge in [-0.2, -0.15) is 13.2 Å². The van der Waals surface area contributed by atoms with Crippen molar-refractivity contribution in [3.63, 3.8) is 0 Å². The lowest BCUT2D eigenvalue weighted by molar-refractivity contribution is -0.153. The molecule has 0 radical (unpaired) electrons. The normalized spacial score (nSPS) is 11.0. The fraction of sp³-hybridized carbons (Fsp3) is 0.350. The first-order valence-corrected chi connectivity index (χ1v) is 9.07. The minimum absolute atomic E-state index is 0.117. The molecular formula is C20H22F4N2O4. The number of hydrogen-bond donors (Lipinski definition) is 2. The molecule has 0 unspecified atom stereocenters. The molecule has 0 fully saturated rings. The van der Waals surface area contributed by atoms with E-state index in [9.17, 15) is 22.4 Å². The van der Waals surface area contributed by atoms with Gasteiger partial charge in [-0.3, -0.25) is 0 Å². The third kappa shape index (κ3) is 8.46. The van der Waals surface area contributed by atoms with Crippen molar-refractivity contribution in [1.82, 2.24) is 5.32 Å². The summed E-state index contributed by atoms with van der Waals surface area (Å²) < 4.78 is 65.0. The molecule has 2 N–H and O–H groups in total. The summed E-state index contributed by atoms with van der Waals surface area (Å²) in [6, 6.07) is 9.29. The summed E-state index contributed by atoms with van der Waals surface area (Å²) in [5, 5.41) is 5.15. The molecule has 2 amide bonds. The fourth-order valence-corrected chi connectivity index (χ4v) is 2.35. The van der Waals surface area contributed by atoms with Crippen LogP contribution in [0.15, 0.2) is 42.5 Å². The van der Waals surface area contributed by atoms with E-state index in [0.29, 0.717) is 31.7 Å². The monoisotopic (exact) mass is 430 g/mol. The van der Waals surface area contributed by atoms with E-state index in [2.05, 4.69) is 10.6 Å². The second-order valence-corrected chi connectivity index (χ2v) is 6.16. The zero-order valence-electron chi connectivity index (χ0n) is 16.2. The standard InChI is InChI=1S/C20H22F4N2O4/c1-28-17-9-6-15(12-18(17)30-13-20(22,23)24)26-19(27)25-10-2-3-11-29-16-7-4-14(21)5-8-16/h4-9,12H,2-3,10-11,13H2,1H3,(H2,25,26,27). The van der Waals surface area contributed by atoms with Gasteiger partial charge in [0.1, 0.15) is 11.6 Å². The molecule has 0 spiro atoms. The minimum Gasteiger partial charge on any atom is -0.494 e. The summed E-state index contributed by atoms with van der Waals surface area (Å²) in [5.41, 5.74) is 0.255. The Balaban J connectivity index is 1.71. The van der Waals surface area contributed by atoms with Gasteiger partial charge in [-0.1, -0.05) is 0 Å². The highest BCUT2D eigenvalue weighted by atomic mass is 19.4. The van der Waals surface area contributed by atoms with Crippen LogP contribution in [0, 0.1) is 5.82 Å². The summed E-state index contributed by atoms with van der Waals surface area (Å²) in [4.78, 5) is 11.9. The average Bonchev–Trinajstić information content (AvgIpc) is 2.70. The maximum Gasteiger partial charge on any atom is 0.422 e. The Morgan fingerprint density at radius 1 is 1.00 bits per heavy atom. The van der Waals surface area contributed by atoms with E-state index in [0.717, 1.165) is 0 Å². The number of anilines is 1. The van der Waals surface area contributed by atoms with Crippen LogP contribution in [-0.2, 0) is 0 Å². The Bertz CT molecular complexity index is 813. The van der Waals surface area contributed by atoms with Gasteiger partial charge in [-0.05, 0) is 49.2 Å². The number of rotatable bonds is 10. The number of benzene rings is 2. The summed E-state index contributed by atoms with van der Waals surface area (Å²) in [6.45, 7) is -0.696. The first-order valence-electron chi connectivity index (χ1n) is 9.07. The predicted molar refractivity (Wildman–Crippen MR) is 103 cm³/mol. The number of methoxy groups -OCH3 is 1. The van der Waals surface area contributed by atoms with E-state index in [1.54, 1.807) is 0 Å². The number of ether oxygens (including phenoxy) is 3. The van der Waals surface area contributed by atoms with Crippen molar-refractivity contribution in [1.29, 1.82) is 0 Å². The van der Waals surface area contributed by atoms with Crippen LogP contribution in [0.1, 0.15) is 12.8 Å². The number of unbranched alkanes of at least 4 members (excludes halogenated alkanes) is 1. The number of carbonyl (C=O) groups is 1. The van der Waals surface area contributed by atoms with E-state index < -0.39 is 18.8 Å². The SMILES string of the molecule is COc1ccc(NC(=O)NCCCCOc2ccc(F)cc2)cc1OCC(F)(F)F. The van der Waals surface area contributed by atoms with Gasteiger partial charge >= 0.3 is 12.2 Å². The van der Waals surface area contributed by atoms with Crippen molar-refractivity contribution in [2.24, 2.45) is 0 Å². The highest BCUT2D eigenvalue weighted by molar-refractivity contribution is 5.89. The molecule has 0 heterocycles. The highest BCUT2D eigenvalue weighted by Gasteiger charge is 2.29. The van der Waals surface area contributed by atoms with Crippen LogP contribution >= 0.6 is 0 Å². The summed E-state index contributed by atoms with van der Waals surface area (Å²) in [6.07, 6.45) is -3.20. The Hall–Kier alpha value is -3.17. The van der Waals surface area contributed by atoms with Gasteiger partial charge in [0.25, 0.3) is 0 Å². The molecule has 164 valence electrons. The third-order valence-electron chi connectivity index (χ3n) is 3.75. The van der Waals surface area contributed by atoms with Crippen molar-refractivity contribution in [2.45, 2.75) is 19.0 Å². The number of urea groups is 1. The number of alkyl halides is 3. The smallest absolute Gasteiger partial charge is 0.422 e. The molecule has 2 rings (SSSR count). The number of amides is 2. The van der Waals surface area contributed by atoms with Crippen LogP contribution in [0.5, 0.6) is 17.2 Å². The molecule has 0 saturated heterocycles. The van der Waals surface area contributed by atoms with Crippen LogP contribution in [-0.4, -0.2) is 39.1 Å². The lowest BCUT2D eigenvalue weighted by atomic mass is 10.2. The molecule has 10 heteroatoms. The van der Waals surface area contributed by atoms with Crippen LogP contribution in [0.2, 0.25) is 0 Å². The van der Waals surface area contributed by atoms with Crippen LogP contribution < -0.4 is 24.8 Å². The fourth-order valence-electron chi connectivity index (χ4n) is 2.35. The second-order valence-electron chi connectivity index (χ2n) is 6.16. The maximum atomic E-state index is 12.8. The van der Waals surface area contributed by atoms with E-state index in [1.165, 1.54) is 49.6 Å². The van der Waals surface area contributed by atoms with Crippen molar-refractivity contribution in [3.8, 4) is 17.2 Å². The van der Waals surface area contributed by atoms with Gasteiger partial charge < -0.3 is 24.8 Å². The molecule has 2 aromatic carbocycles. The number of halogens is 4. The van der Waals surface area contributed by atoms with Gasteiger partial charge in [-0.25, -0.2) is 9.18 Å².